The van der Waals surface area contributed by atoms with Crippen molar-refractivity contribution < 1.29 is 19.4 Å². The lowest BCUT2D eigenvalue weighted by atomic mass is 9.44. The summed E-state index contributed by atoms with van der Waals surface area (Å²) in [5, 5.41) is 12.4. The highest BCUT2D eigenvalue weighted by molar-refractivity contribution is 5.73. The second-order valence-electron chi connectivity index (χ2n) is 9.82. The monoisotopic (exact) mass is 396 g/mol. The molecule has 1 amide bonds. The van der Waals surface area contributed by atoms with Crippen LogP contribution in [0.25, 0.3) is 0 Å². The van der Waals surface area contributed by atoms with Gasteiger partial charge in [0.1, 0.15) is 5.60 Å². The fraction of sp³-hybridized carbons (Fsp3) is 0.609. The van der Waals surface area contributed by atoms with Crippen LogP contribution in [-0.2, 0) is 11.8 Å². The molecule has 1 aromatic rings. The lowest BCUT2D eigenvalue weighted by molar-refractivity contribution is -0.196. The fourth-order valence-corrected chi connectivity index (χ4v) is 7.02. The SMILES string of the molecule is C=C1CC[C@@]2(O)[C@H]3Cc4ccc(OC(N)=O)c5c4[C@@]2(CCN3CC2CC2)[C@@]1(C)O5. The Bertz CT molecular complexity index is 956. The zero-order valence-electron chi connectivity index (χ0n) is 16.9. The average molecular weight is 396 g/mol. The molecule has 2 aliphatic heterocycles. The lowest BCUT2D eigenvalue weighted by Gasteiger charge is -2.66. The minimum atomic E-state index is -0.889. The predicted molar refractivity (Wildman–Crippen MR) is 107 cm³/mol. The summed E-state index contributed by atoms with van der Waals surface area (Å²) in [6, 6.07) is 3.89. The van der Waals surface area contributed by atoms with Gasteiger partial charge in [-0.2, -0.15) is 0 Å². The van der Waals surface area contributed by atoms with Crippen molar-refractivity contribution >= 4 is 6.09 Å². The Labute approximate surface area is 170 Å². The Hall–Kier alpha value is -2.05. The summed E-state index contributed by atoms with van der Waals surface area (Å²) in [6.07, 6.45) is 4.77. The third kappa shape index (κ3) is 1.97. The number of ether oxygens (including phenoxy) is 2. The third-order valence-corrected chi connectivity index (χ3v) is 8.56. The Balaban J connectivity index is 1.58. The van der Waals surface area contributed by atoms with Gasteiger partial charge in [0.2, 0.25) is 0 Å². The average Bonchev–Trinajstić information content (AvgIpc) is 3.42. The molecule has 29 heavy (non-hydrogen) atoms. The van der Waals surface area contributed by atoms with E-state index in [1.54, 1.807) is 6.07 Å². The quantitative estimate of drug-likeness (QED) is 0.768. The molecular formula is C23H28N2O4. The van der Waals surface area contributed by atoms with Crippen molar-refractivity contribution in [2.75, 3.05) is 13.1 Å². The van der Waals surface area contributed by atoms with Crippen molar-refractivity contribution in [2.45, 2.75) is 68.1 Å². The van der Waals surface area contributed by atoms with E-state index in [1.807, 2.05) is 6.07 Å². The summed E-state index contributed by atoms with van der Waals surface area (Å²) in [5.41, 5.74) is 6.34. The van der Waals surface area contributed by atoms with Gasteiger partial charge in [-0.25, -0.2) is 4.79 Å². The van der Waals surface area contributed by atoms with Crippen LogP contribution in [0.2, 0.25) is 0 Å². The molecule has 1 spiro atoms. The van der Waals surface area contributed by atoms with E-state index in [0.717, 1.165) is 49.4 Å². The van der Waals surface area contributed by atoms with E-state index < -0.39 is 22.7 Å². The first kappa shape index (κ1) is 17.8. The second kappa shape index (κ2) is 5.35. The molecule has 3 aliphatic carbocycles. The van der Waals surface area contributed by atoms with Crippen LogP contribution in [0.1, 0.15) is 50.2 Å². The number of rotatable bonds is 3. The predicted octanol–water partition coefficient (Wildman–Crippen LogP) is 2.65. The number of aliphatic hydroxyl groups is 1. The number of benzene rings is 1. The molecule has 5 aliphatic rings. The lowest BCUT2D eigenvalue weighted by Crippen LogP contribution is -2.78. The summed E-state index contributed by atoms with van der Waals surface area (Å²) in [5.74, 6) is 1.69. The highest BCUT2D eigenvalue weighted by atomic mass is 16.6. The normalized spacial score (nSPS) is 39.7. The summed E-state index contributed by atoms with van der Waals surface area (Å²) in [6.45, 7) is 8.44. The Kier molecular flexibility index (Phi) is 3.28. The van der Waals surface area contributed by atoms with Gasteiger partial charge in [0.05, 0.1) is 11.0 Å². The van der Waals surface area contributed by atoms with Crippen molar-refractivity contribution in [1.29, 1.82) is 0 Å². The first-order chi connectivity index (χ1) is 13.8. The summed E-state index contributed by atoms with van der Waals surface area (Å²) in [7, 11) is 0. The maximum Gasteiger partial charge on any atom is 0.410 e. The number of hydrogen-bond donors (Lipinski definition) is 2. The number of piperidine rings is 1. The zero-order chi connectivity index (χ0) is 20.2. The van der Waals surface area contributed by atoms with Crippen molar-refractivity contribution in [1.82, 2.24) is 4.90 Å². The van der Waals surface area contributed by atoms with Crippen LogP contribution in [-0.4, -0.2) is 46.4 Å². The molecular weight excluding hydrogens is 368 g/mol. The smallest absolute Gasteiger partial charge is 0.410 e. The standard InChI is InChI=1S/C23H28N2O4/c1-13-7-8-23(27)17-11-15-5-6-16(28-20(24)26)19-18(15)22(23,21(13,2)29-19)9-10-25(17)12-14-3-4-14/h5-6,14,17,27H,1,3-4,7-12H2,2H3,(H2,24,26)/t17-,21+,22+,23-/m1/s1. The van der Waals surface area contributed by atoms with Gasteiger partial charge in [0, 0.05) is 18.2 Å². The van der Waals surface area contributed by atoms with Crippen LogP contribution in [0.4, 0.5) is 4.79 Å². The number of carbonyl (C=O) groups excluding carboxylic acids is 1. The van der Waals surface area contributed by atoms with E-state index >= 15 is 0 Å². The van der Waals surface area contributed by atoms with Gasteiger partial charge in [-0.1, -0.05) is 12.6 Å². The molecule has 2 heterocycles. The van der Waals surface area contributed by atoms with Gasteiger partial charge in [0.25, 0.3) is 0 Å². The van der Waals surface area contributed by atoms with Crippen LogP contribution in [0.3, 0.4) is 0 Å². The minimum absolute atomic E-state index is 0.0780. The number of nitrogens with two attached hydrogens (primary N) is 1. The molecule has 0 radical (unpaired) electrons. The highest BCUT2D eigenvalue weighted by Crippen LogP contribution is 2.70. The molecule has 6 heteroatoms. The molecule has 1 saturated heterocycles. The van der Waals surface area contributed by atoms with Crippen LogP contribution < -0.4 is 15.2 Å². The van der Waals surface area contributed by atoms with Crippen molar-refractivity contribution in [3.05, 3.63) is 35.4 Å². The molecule has 2 bridgehead atoms. The largest absolute Gasteiger partial charge is 0.478 e. The molecule has 0 unspecified atom stereocenters. The number of likely N-dealkylation sites (tertiary alicyclic amines) is 1. The molecule has 6 nitrogen and oxygen atoms in total. The van der Waals surface area contributed by atoms with Gasteiger partial charge in [-0.3, -0.25) is 4.90 Å². The summed E-state index contributed by atoms with van der Waals surface area (Å²) < 4.78 is 11.9. The maximum atomic E-state index is 12.4. The number of amides is 1. The third-order valence-electron chi connectivity index (χ3n) is 8.56. The summed E-state index contributed by atoms with van der Waals surface area (Å²) >= 11 is 0. The minimum Gasteiger partial charge on any atom is -0.478 e. The van der Waals surface area contributed by atoms with E-state index in [9.17, 15) is 9.90 Å². The van der Waals surface area contributed by atoms with Crippen molar-refractivity contribution in [3.8, 4) is 11.5 Å². The van der Waals surface area contributed by atoms with Crippen molar-refractivity contribution in [2.24, 2.45) is 11.7 Å². The van der Waals surface area contributed by atoms with E-state index in [-0.39, 0.29) is 6.04 Å². The van der Waals surface area contributed by atoms with Crippen LogP contribution in [0, 0.1) is 5.92 Å². The Morgan fingerprint density at radius 3 is 2.93 bits per heavy atom. The first-order valence-corrected chi connectivity index (χ1v) is 10.8. The van der Waals surface area contributed by atoms with Crippen LogP contribution >= 0.6 is 0 Å². The molecule has 2 saturated carbocycles. The van der Waals surface area contributed by atoms with Crippen molar-refractivity contribution in [3.63, 3.8) is 0 Å². The van der Waals surface area contributed by atoms with E-state index in [1.165, 1.54) is 18.4 Å². The second-order valence-corrected chi connectivity index (χ2v) is 9.82. The Morgan fingerprint density at radius 1 is 1.41 bits per heavy atom. The molecule has 154 valence electrons. The zero-order valence-corrected chi connectivity index (χ0v) is 16.9. The molecule has 3 N–H and O–H groups in total. The number of nitrogens with zero attached hydrogens (tertiary/aromatic N) is 1. The Morgan fingerprint density at radius 2 is 2.21 bits per heavy atom. The molecule has 6 rings (SSSR count). The molecule has 1 aromatic carbocycles. The molecule has 0 aromatic heterocycles. The fourth-order valence-electron chi connectivity index (χ4n) is 7.02. The van der Waals surface area contributed by atoms with Gasteiger partial charge in [-0.05, 0) is 75.1 Å². The van der Waals surface area contributed by atoms with Gasteiger partial charge in [0.15, 0.2) is 11.5 Å². The van der Waals surface area contributed by atoms with E-state index in [0.29, 0.717) is 17.9 Å². The molecule has 3 fully saturated rings. The van der Waals surface area contributed by atoms with Gasteiger partial charge < -0.3 is 20.3 Å². The van der Waals surface area contributed by atoms with Crippen LogP contribution in [0.5, 0.6) is 11.5 Å². The number of carbonyl (C=O) groups is 1. The number of primary amides is 1. The van der Waals surface area contributed by atoms with Crippen LogP contribution in [0.15, 0.2) is 24.3 Å². The number of hydrogen-bond acceptors (Lipinski definition) is 5. The highest BCUT2D eigenvalue weighted by Gasteiger charge is 2.76. The van der Waals surface area contributed by atoms with Gasteiger partial charge in [-0.15, -0.1) is 0 Å². The summed E-state index contributed by atoms with van der Waals surface area (Å²) in [4.78, 5) is 14.0. The van der Waals surface area contributed by atoms with E-state index in [2.05, 4.69) is 18.4 Å². The topological polar surface area (TPSA) is 85.0 Å². The molecule has 4 atom stereocenters. The van der Waals surface area contributed by atoms with Gasteiger partial charge >= 0.3 is 6.09 Å². The van der Waals surface area contributed by atoms with E-state index in [4.69, 9.17) is 15.2 Å². The maximum absolute atomic E-state index is 12.4. The first-order valence-electron chi connectivity index (χ1n) is 10.8.